The highest BCUT2D eigenvalue weighted by Crippen LogP contribution is 2.30. The van der Waals surface area contributed by atoms with E-state index in [1.807, 2.05) is 12.1 Å². The van der Waals surface area contributed by atoms with Crippen LogP contribution in [-0.2, 0) is 4.79 Å². The highest BCUT2D eigenvalue weighted by atomic mass is 16.5. The molecule has 0 fully saturated rings. The molecule has 0 amide bonds. The molecule has 0 spiro atoms. The number of carboxylic acids is 1. The second-order valence-corrected chi connectivity index (χ2v) is 3.71. The molecule has 1 N–H and O–H groups in total. The lowest BCUT2D eigenvalue weighted by Crippen LogP contribution is -2.05. The van der Waals surface area contributed by atoms with E-state index in [2.05, 4.69) is 4.98 Å². The Morgan fingerprint density at radius 3 is 2.53 bits per heavy atom. The van der Waals surface area contributed by atoms with Gasteiger partial charge in [-0.15, -0.1) is 0 Å². The monoisotopic (exact) mass is 259 g/mol. The zero-order valence-electron chi connectivity index (χ0n) is 10.2. The number of carbonyl (C=O) groups is 1. The molecule has 0 saturated carbocycles. The lowest BCUT2D eigenvalue weighted by molar-refractivity contribution is -0.137. The van der Waals surface area contributed by atoms with Crippen molar-refractivity contribution in [2.75, 3.05) is 6.61 Å². The van der Waals surface area contributed by atoms with Crippen LogP contribution >= 0.6 is 0 Å². The third-order valence-electron chi connectivity index (χ3n) is 2.27. The number of hydrogen-bond donors (Lipinski definition) is 1. The van der Waals surface area contributed by atoms with Crippen molar-refractivity contribution >= 4 is 5.97 Å². The van der Waals surface area contributed by atoms with Crippen LogP contribution in [-0.4, -0.2) is 22.7 Å². The minimum absolute atomic E-state index is 0.0576. The summed E-state index contributed by atoms with van der Waals surface area (Å²) >= 11 is 0. The topological polar surface area (TPSA) is 68.7 Å². The number of rotatable bonds is 6. The predicted octanol–water partition coefficient (Wildman–Crippen LogP) is 2.73. The van der Waals surface area contributed by atoms with Crippen molar-refractivity contribution < 1.29 is 19.4 Å². The highest BCUT2D eigenvalue weighted by molar-refractivity contribution is 5.66. The molecule has 2 rings (SSSR count). The molecular weight excluding hydrogens is 246 g/mol. The summed E-state index contributed by atoms with van der Waals surface area (Å²) in [4.78, 5) is 14.5. The molecule has 19 heavy (non-hydrogen) atoms. The summed E-state index contributed by atoms with van der Waals surface area (Å²) in [5.74, 6) is 0.556. The Hall–Kier alpha value is -2.56. The Kier molecular flexibility index (Phi) is 4.34. The van der Waals surface area contributed by atoms with Gasteiger partial charge in [0, 0.05) is 12.3 Å². The van der Waals surface area contributed by atoms with Crippen LogP contribution in [0.25, 0.3) is 0 Å². The average molecular weight is 259 g/mol. The minimum atomic E-state index is -0.900. The van der Waals surface area contributed by atoms with Gasteiger partial charge in [0.1, 0.15) is 0 Å². The lowest BCUT2D eigenvalue weighted by atomic mass is 10.3. The fourth-order valence-corrected chi connectivity index (χ4v) is 1.42. The first-order chi connectivity index (χ1) is 9.25. The number of hydrogen-bond acceptors (Lipinski definition) is 4. The summed E-state index contributed by atoms with van der Waals surface area (Å²) in [5.41, 5.74) is 0. The molecule has 0 aliphatic rings. The van der Waals surface area contributed by atoms with Crippen molar-refractivity contribution in [3.8, 4) is 17.4 Å². The van der Waals surface area contributed by atoms with E-state index in [1.54, 1.807) is 36.5 Å². The fourth-order valence-electron chi connectivity index (χ4n) is 1.42. The Bertz CT molecular complexity index is 542. The number of nitrogens with zero attached hydrogens (tertiary/aromatic N) is 1. The highest BCUT2D eigenvalue weighted by Gasteiger charge is 2.07. The smallest absolute Gasteiger partial charge is 0.306 e. The van der Waals surface area contributed by atoms with E-state index < -0.39 is 5.97 Å². The van der Waals surface area contributed by atoms with Crippen LogP contribution in [0.5, 0.6) is 17.4 Å². The van der Waals surface area contributed by atoms with E-state index in [0.717, 1.165) is 0 Å². The average Bonchev–Trinajstić information content (AvgIpc) is 2.41. The van der Waals surface area contributed by atoms with Gasteiger partial charge in [-0.25, -0.2) is 4.98 Å². The van der Waals surface area contributed by atoms with Crippen LogP contribution in [0.1, 0.15) is 6.42 Å². The van der Waals surface area contributed by atoms with Crippen LogP contribution in [0.4, 0.5) is 0 Å². The number of aromatic nitrogens is 1. The van der Waals surface area contributed by atoms with Crippen molar-refractivity contribution in [1.82, 2.24) is 4.98 Å². The van der Waals surface area contributed by atoms with Gasteiger partial charge in [-0.2, -0.15) is 0 Å². The molecule has 0 atom stereocenters. The van der Waals surface area contributed by atoms with Gasteiger partial charge in [0.25, 0.3) is 0 Å². The largest absolute Gasteiger partial charge is 0.489 e. The first-order valence-electron chi connectivity index (χ1n) is 5.78. The van der Waals surface area contributed by atoms with Gasteiger partial charge in [0.15, 0.2) is 11.5 Å². The zero-order chi connectivity index (χ0) is 13.5. The maximum absolute atomic E-state index is 10.4. The van der Waals surface area contributed by atoms with Crippen LogP contribution in [0.15, 0.2) is 48.7 Å². The standard InChI is InChI=1S/C14H13NO4/c16-14(17)8-10-18-11-5-1-2-6-12(11)19-13-7-3-4-9-15-13/h1-7,9H,8,10H2,(H,16,17). The second kappa shape index (κ2) is 6.39. The molecule has 1 heterocycles. The summed E-state index contributed by atoms with van der Waals surface area (Å²) in [6, 6.07) is 12.4. The van der Waals surface area contributed by atoms with Gasteiger partial charge in [0.2, 0.25) is 5.88 Å². The van der Waals surface area contributed by atoms with E-state index in [0.29, 0.717) is 17.4 Å². The first-order valence-corrected chi connectivity index (χ1v) is 5.78. The quantitative estimate of drug-likeness (QED) is 0.863. The van der Waals surface area contributed by atoms with E-state index in [1.165, 1.54) is 0 Å². The normalized spacial score (nSPS) is 9.89. The van der Waals surface area contributed by atoms with E-state index in [-0.39, 0.29) is 13.0 Å². The van der Waals surface area contributed by atoms with E-state index >= 15 is 0 Å². The van der Waals surface area contributed by atoms with E-state index in [4.69, 9.17) is 14.6 Å². The first kappa shape index (κ1) is 12.9. The van der Waals surface area contributed by atoms with Gasteiger partial charge < -0.3 is 14.6 Å². The maximum Gasteiger partial charge on any atom is 0.306 e. The molecular formula is C14H13NO4. The van der Waals surface area contributed by atoms with Crippen molar-refractivity contribution in [3.05, 3.63) is 48.7 Å². The Morgan fingerprint density at radius 1 is 1.11 bits per heavy atom. The molecule has 2 aromatic rings. The number of pyridine rings is 1. The molecule has 0 saturated heterocycles. The molecule has 5 heteroatoms. The number of aliphatic carboxylic acids is 1. The van der Waals surface area contributed by atoms with Crippen molar-refractivity contribution in [3.63, 3.8) is 0 Å². The van der Waals surface area contributed by atoms with Gasteiger partial charge in [-0.1, -0.05) is 18.2 Å². The van der Waals surface area contributed by atoms with Gasteiger partial charge >= 0.3 is 5.97 Å². The van der Waals surface area contributed by atoms with Crippen LogP contribution in [0.3, 0.4) is 0 Å². The van der Waals surface area contributed by atoms with Crippen LogP contribution in [0, 0.1) is 0 Å². The van der Waals surface area contributed by atoms with Crippen molar-refractivity contribution in [2.24, 2.45) is 0 Å². The molecule has 5 nitrogen and oxygen atoms in total. The Labute approximate surface area is 110 Å². The number of ether oxygens (including phenoxy) is 2. The second-order valence-electron chi connectivity index (χ2n) is 3.71. The fraction of sp³-hybridized carbons (Fsp3) is 0.143. The number of carboxylic acid groups (broad SMARTS) is 1. The molecule has 98 valence electrons. The zero-order valence-corrected chi connectivity index (χ0v) is 10.2. The van der Waals surface area contributed by atoms with Crippen molar-refractivity contribution in [2.45, 2.75) is 6.42 Å². The summed E-state index contributed by atoms with van der Waals surface area (Å²) < 4.78 is 11.0. The molecule has 1 aromatic carbocycles. The summed E-state index contributed by atoms with van der Waals surface area (Å²) in [7, 11) is 0. The van der Waals surface area contributed by atoms with Gasteiger partial charge in [0.05, 0.1) is 13.0 Å². The molecule has 0 radical (unpaired) electrons. The molecule has 1 aromatic heterocycles. The number of para-hydroxylation sites is 2. The SMILES string of the molecule is O=C(O)CCOc1ccccc1Oc1ccccn1. The predicted molar refractivity (Wildman–Crippen MR) is 68.5 cm³/mol. The van der Waals surface area contributed by atoms with Crippen LogP contribution in [0.2, 0.25) is 0 Å². The summed E-state index contributed by atoms with van der Waals surface area (Å²) in [5, 5.41) is 8.57. The van der Waals surface area contributed by atoms with Gasteiger partial charge in [-0.05, 0) is 18.2 Å². The third kappa shape index (κ3) is 3.99. The maximum atomic E-state index is 10.4. The summed E-state index contributed by atoms with van der Waals surface area (Å²) in [6.07, 6.45) is 1.57. The van der Waals surface area contributed by atoms with Crippen molar-refractivity contribution in [1.29, 1.82) is 0 Å². The minimum Gasteiger partial charge on any atom is -0.489 e. The van der Waals surface area contributed by atoms with E-state index in [9.17, 15) is 4.79 Å². The Balaban J connectivity index is 2.06. The Morgan fingerprint density at radius 2 is 1.84 bits per heavy atom. The molecule has 0 bridgehead atoms. The van der Waals surface area contributed by atoms with Gasteiger partial charge in [-0.3, -0.25) is 4.79 Å². The number of benzene rings is 1. The lowest BCUT2D eigenvalue weighted by Gasteiger charge is -2.10. The van der Waals surface area contributed by atoms with Crippen LogP contribution < -0.4 is 9.47 Å². The summed E-state index contributed by atoms with van der Waals surface area (Å²) in [6.45, 7) is 0.0952. The molecule has 0 unspecified atom stereocenters. The molecule has 0 aliphatic carbocycles. The third-order valence-corrected chi connectivity index (χ3v) is 2.27. The molecule has 0 aliphatic heterocycles.